The SMILES string of the molecule is CC(C)(C)OC(=O)N1CCNC[C@@]23C[C@]2(C)C13. The summed E-state index contributed by atoms with van der Waals surface area (Å²) in [6.07, 6.45) is 1.12. The highest BCUT2D eigenvalue weighted by Gasteiger charge is 2.90. The fourth-order valence-corrected chi connectivity index (χ4v) is 3.65. The van der Waals surface area contributed by atoms with Crippen LogP contribution in [0.15, 0.2) is 0 Å². The van der Waals surface area contributed by atoms with Crippen molar-refractivity contribution < 1.29 is 9.53 Å². The summed E-state index contributed by atoms with van der Waals surface area (Å²) in [6, 6.07) is 0.417. The van der Waals surface area contributed by atoms with Crippen molar-refractivity contribution in [1.29, 1.82) is 0 Å². The van der Waals surface area contributed by atoms with E-state index in [1.54, 1.807) is 0 Å². The van der Waals surface area contributed by atoms with Gasteiger partial charge in [-0.15, -0.1) is 0 Å². The molecule has 17 heavy (non-hydrogen) atoms. The number of hydrogen-bond acceptors (Lipinski definition) is 3. The zero-order valence-corrected chi connectivity index (χ0v) is 11.2. The average Bonchev–Trinajstić information content (AvgIpc) is 2.93. The fourth-order valence-electron chi connectivity index (χ4n) is 3.65. The minimum Gasteiger partial charge on any atom is -0.444 e. The lowest BCUT2D eigenvalue weighted by atomic mass is 10.1. The average molecular weight is 238 g/mol. The molecule has 0 aromatic heterocycles. The van der Waals surface area contributed by atoms with Crippen LogP contribution < -0.4 is 5.32 Å². The third-order valence-electron chi connectivity index (χ3n) is 4.65. The van der Waals surface area contributed by atoms with Crippen LogP contribution in [-0.4, -0.2) is 42.3 Å². The van der Waals surface area contributed by atoms with E-state index in [2.05, 4.69) is 12.2 Å². The molecule has 1 aliphatic heterocycles. The Bertz CT molecular complexity index is 376. The maximum Gasteiger partial charge on any atom is 0.410 e. The van der Waals surface area contributed by atoms with Gasteiger partial charge in [0, 0.05) is 31.1 Å². The Morgan fingerprint density at radius 2 is 2.18 bits per heavy atom. The minimum absolute atomic E-state index is 0.140. The van der Waals surface area contributed by atoms with Crippen LogP contribution in [0.2, 0.25) is 0 Å². The molecule has 0 aromatic carbocycles. The summed E-state index contributed by atoms with van der Waals surface area (Å²) in [5.41, 5.74) is 0.349. The molecule has 1 amide bonds. The Hall–Kier alpha value is -0.770. The van der Waals surface area contributed by atoms with Crippen LogP contribution in [0.3, 0.4) is 0 Å². The van der Waals surface area contributed by atoms with Crippen LogP contribution in [-0.2, 0) is 4.74 Å². The number of ether oxygens (including phenoxy) is 1. The highest BCUT2D eigenvalue weighted by Crippen LogP contribution is 2.86. The standard InChI is InChI=1S/C13H22N2O2/c1-11(2,3)17-10(16)15-6-5-14-8-13-7-12(13,4)9(13)15/h9,14H,5-8H2,1-4H3/t9?,12-,13-/m1/s1. The van der Waals surface area contributed by atoms with Crippen LogP contribution >= 0.6 is 0 Å². The summed E-state index contributed by atoms with van der Waals surface area (Å²) in [6.45, 7) is 10.8. The van der Waals surface area contributed by atoms with E-state index < -0.39 is 5.60 Å². The van der Waals surface area contributed by atoms with Gasteiger partial charge in [-0.25, -0.2) is 4.79 Å². The van der Waals surface area contributed by atoms with Gasteiger partial charge in [0.1, 0.15) is 5.60 Å². The number of nitrogens with one attached hydrogen (secondary N) is 1. The molecule has 1 spiro atoms. The van der Waals surface area contributed by atoms with Crippen molar-refractivity contribution in [3.8, 4) is 0 Å². The summed E-state index contributed by atoms with van der Waals surface area (Å²) < 4.78 is 5.50. The largest absolute Gasteiger partial charge is 0.444 e. The monoisotopic (exact) mass is 238 g/mol. The second-order valence-electron chi connectivity index (χ2n) is 7.00. The summed E-state index contributed by atoms with van der Waals surface area (Å²) in [4.78, 5) is 14.1. The first-order valence-electron chi connectivity index (χ1n) is 6.51. The number of carbonyl (C=O) groups excluding carboxylic acids is 1. The predicted octanol–water partition coefficient (Wildman–Crippen LogP) is 1.61. The number of fused-ring (bicyclic) bond motifs is 1. The lowest BCUT2D eigenvalue weighted by Crippen LogP contribution is -2.43. The quantitative estimate of drug-likeness (QED) is 0.697. The Kier molecular flexibility index (Phi) is 1.98. The van der Waals surface area contributed by atoms with Crippen LogP contribution in [0.1, 0.15) is 34.1 Å². The van der Waals surface area contributed by atoms with Crippen molar-refractivity contribution in [1.82, 2.24) is 10.2 Å². The normalized spacial score (nSPS) is 43.3. The molecule has 0 aromatic rings. The van der Waals surface area contributed by atoms with Crippen LogP contribution in [0.5, 0.6) is 0 Å². The molecular weight excluding hydrogens is 216 g/mol. The number of nitrogens with zero attached hydrogens (tertiary/aromatic N) is 1. The molecule has 0 bridgehead atoms. The number of carbonyl (C=O) groups is 1. The first kappa shape index (κ1) is 11.3. The van der Waals surface area contributed by atoms with Gasteiger partial charge >= 0.3 is 6.09 Å². The van der Waals surface area contributed by atoms with Crippen molar-refractivity contribution in [3.05, 3.63) is 0 Å². The van der Waals surface area contributed by atoms with E-state index in [9.17, 15) is 4.79 Å². The zero-order valence-electron chi connectivity index (χ0n) is 11.2. The molecule has 3 rings (SSSR count). The molecule has 1 heterocycles. The van der Waals surface area contributed by atoms with E-state index in [0.717, 1.165) is 19.6 Å². The van der Waals surface area contributed by atoms with Crippen molar-refractivity contribution >= 4 is 6.09 Å². The molecule has 3 atom stereocenters. The van der Waals surface area contributed by atoms with Gasteiger partial charge in [-0.3, -0.25) is 0 Å². The molecule has 4 nitrogen and oxygen atoms in total. The zero-order chi connectivity index (χ0) is 12.5. The highest BCUT2D eigenvalue weighted by atomic mass is 16.6. The van der Waals surface area contributed by atoms with Crippen molar-refractivity contribution in [2.45, 2.75) is 45.8 Å². The van der Waals surface area contributed by atoms with Crippen molar-refractivity contribution in [2.75, 3.05) is 19.6 Å². The lowest BCUT2D eigenvalue weighted by Gasteiger charge is -2.30. The van der Waals surface area contributed by atoms with Crippen molar-refractivity contribution in [2.24, 2.45) is 10.8 Å². The van der Waals surface area contributed by atoms with E-state index in [1.807, 2.05) is 25.7 Å². The molecule has 0 radical (unpaired) electrons. The molecule has 1 unspecified atom stereocenters. The molecule has 2 saturated carbocycles. The summed E-state index contributed by atoms with van der Waals surface area (Å²) in [7, 11) is 0. The molecule has 96 valence electrons. The smallest absolute Gasteiger partial charge is 0.410 e. The number of rotatable bonds is 0. The topological polar surface area (TPSA) is 41.6 Å². The Morgan fingerprint density at radius 3 is 2.76 bits per heavy atom. The van der Waals surface area contributed by atoms with E-state index in [1.165, 1.54) is 6.42 Å². The van der Waals surface area contributed by atoms with E-state index >= 15 is 0 Å². The number of amides is 1. The van der Waals surface area contributed by atoms with Crippen LogP contribution in [0.4, 0.5) is 4.79 Å². The van der Waals surface area contributed by atoms with Crippen LogP contribution in [0, 0.1) is 10.8 Å². The number of hydrogen-bond donors (Lipinski definition) is 1. The predicted molar refractivity (Wildman–Crippen MR) is 64.8 cm³/mol. The Balaban J connectivity index is 1.73. The third kappa shape index (κ3) is 1.43. The van der Waals surface area contributed by atoms with E-state index in [0.29, 0.717) is 16.9 Å². The van der Waals surface area contributed by atoms with Crippen molar-refractivity contribution in [3.63, 3.8) is 0 Å². The molecule has 1 N–H and O–H groups in total. The first-order valence-corrected chi connectivity index (χ1v) is 6.51. The third-order valence-corrected chi connectivity index (χ3v) is 4.65. The molecule has 4 heteroatoms. The maximum absolute atomic E-state index is 12.2. The molecule has 2 aliphatic carbocycles. The summed E-state index contributed by atoms with van der Waals surface area (Å²) in [5.74, 6) is 0. The summed E-state index contributed by atoms with van der Waals surface area (Å²) >= 11 is 0. The molecule has 3 fully saturated rings. The molecule has 1 saturated heterocycles. The Labute approximate surface area is 103 Å². The molecular formula is C13H22N2O2. The van der Waals surface area contributed by atoms with Gasteiger partial charge < -0.3 is 15.0 Å². The van der Waals surface area contributed by atoms with E-state index in [-0.39, 0.29) is 6.09 Å². The van der Waals surface area contributed by atoms with Crippen LogP contribution in [0.25, 0.3) is 0 Å². The Morgan fingerprint density at radius 1 is 1.47 bits per heavy atom. The first-order chi connectivity index (χ1) is 7.80. The second kappa shape index (κ2) is 2.97. The van der Waals surface area contributed by atoms with Gasteiger partial charge in [0.15, 0.2) is 0 Å². The summed E-state index contributed by atoms with van der Waals surface area (Å²) in [5, 5.41) is 3.44. The lowest BCUT2D eigenvalue weighted by molar-refractivity contribution is 0.0182. The van der Waals surface area contributed by atoms with E-state index in [4.69, 9.17) is 4.74 Å². The van der Waals surface area contributed by atoms with Gasteiger partial charge in [-0.05, 0) is 32.6 Å². The van der Waals surface area contributed by atoms with Gasteiger partial charge in [0.05, 0.1) is 0 Å². The van der Waals surface area contributed by atoms with Gasteiger partial charge in [-0.2, -0.15) is 0 Å². The second-order valence-corrected chi connectivity index (χ2v) is 7.00. The maximum atomic E-state index is 12.2. The fraction of sp³-hybridized carbons (Fsp3) is 0.923. The highest BCUT2D eigenvalue weighted by molar-refractivity contribution is 5.71. The van der Waals surface area contributed by atoms with Gasteiger partial charge in [-0.1, -0.05) is 6.92 Å². The molecule has 3 aliphatic rings. The van der Waals surface area contributed by atoms with Gasteiger partial charge in [0.2, 0.25) is 0 Å². The van der Waals surface area contributed by atoms with Gasteiger partial charge in [0.25, 0.3) is 0 Å². The minimum atomic E-state index is -0.399.